The van der Waals surface area contributed by atoms with Crippen LogP contribution in [-0.4, -0.2) is 11.1 Å². The average Bonchev–Trinajstić information content (AvgIpc) is 2.04. The van der Waals surface area contributed by atoms with Crippen molar-refractivity contribution in [1.82, 2.24) is 4.98 Å². The summed E-state index contributed by atoms with van der Waals surface area (Å²) in [7, 11) is 0. The maximum Gasteiger partial charge on any atom is 0.235 e. The van der Waals surface area contributed by atoms with E-state index in [1.165, 1.54) is 6.08 Å². The quantitative estimate of drug-likeness (QED) is 0.554. The highest BCUT2D eigenvalue weighted by molar-refractivity contribution is 9.10. The van der Waals surface area contributed by atoms with Crippen molar-refractivity contribution in [3.8, 4) is 0 Å². The molecule has 56 valence electrons. The van der Waals surface area contributed by atoms with Crippen LogP contribution in [0.2, 0.25) is 0 Å². The van der Waals surface area contributed by atoms with Gasteiger partial charge in [-0.3, -0.25) is 4.98 Å². The summed E-state index contributed by atoms with van der Waals surface area (Å²) in [6.45, 7) is 0.302. The molecule has 0 aliphatic rings. The van der Waals surface area contributed by atoms with Gasteiger partial charge in [0.15, 0.2) is 0 Å². The highest BCUT2D eigenvalue weighted by Crippen LogP contribution is 2.07. The van der Waals surface area contributed by atoms with E-state index in [2.05, 4.69) is 25.9 Å². The number of isocyanates is 1. The molecule has 3 nitrogen and oxygen atoms in total. The monoisotopic (exact) mass is 212 g/mol. The van der Waals surface area contributed by atoms with Crippen molar-refractivity contribution in [2.24, 2.45) is 4.99 Å². The van der Waals surface area contributed by atoms with Crippen LogP contribution in [0.3, 0.4) is 0 Å². The van der Waals surface area contributed by atoms with Crippen LogP contribution < -0.4 is 0 Å². The predicted molar refractivity (Wildman–Crippen MR) is 43.8 cm³/mol. The molecule has 0 aromatic carbocycles. The summed E-state index contributed by atoms with van der Waals surface area (Å²) in [5, 5.41) is 0. The van der Waals surface area contributed by atoms with Gasteiger partial charge in [0.25, 0.3) is 0 Å². The van der Waals surface area contributed by atoms with Crippen LogP contribution in [0, 0.1) is 0 Å². The Morgan fingerprint density at radius 1 is 1.64 bits per heavy atom. The number of nitrogens with zero attached hydrogens (tertiary/aromatic N) is 2. The maximum absolute atomic E-state index is 9.72. The zero-order valence-electron chi connectivity index (χ0n) is 5.62. The van der Waals surface area contributed by atoms with Gasteiger partial charge in [-0.1, -0.05) is 0 Å². The van der Waals surface area contributed by atoms with Crippen molar-refractivity contribution in [2.45, 2.75) is 6.54 Å². The lowest BCUT2D eigenvalue weighted by atomic mass is 10.4. The topological polar surface area (TPSA) is 42.3 Å². The maximum atomic E-state index is 9.72. The van der Waals surface area contributed by atoms with Crippen LogP contribution >= 0.6 is 15.9 Å². The lowest BCUT2D eigenvalue weighted by Crippen LogP contribution is -1.85. The molecule has 4 heteroatoms. The van der Waals surface area contributed by atoms with Gasteiger partial charge in [-0.15, -0.1) is 0 Å². The first-order chi connectivity index (χ1) is 5.33. The minimum atomic E-state index is 0.302. The van der Waals surface area contributed by atoms with Crippen molar-refractivity contribution in [1.29, 1.82) is 0 Å². The number of pyridine rings is 1. The summed E-state index contributed by atoms with van der Waals surface area (Å²) in [6.07, 6.45) is 3.12. The van der Waals surface area contributed by atoms with Crippen LogP contribution in [-0.2, 0) is 11.3 Å². The first kappa shape index (κ1) is 8.11. The molecule has 1 aromatic rings. The van der Waals surface area contributed by atoms with E-state index >= 15 is 0 Å². The van der Waals surface area contributed by atoms with Gasteiger partial charge >= 0.3 is 0 Å². The SMILES string of the molecule is O=C=NCc1ccc(Br)cn1. The number of carbonyl (C=O) groups excluding carboxylic acids is 1. The summed E-state index contributed by atoms with van der Waals surface area (Å²) in [5.74, 6) is 0. The third kappa shape index (κ3) is 2.62. The zero-order valence-corrected chi connectivity index (χ0v) is 7.21. The smallest absolute Gasteiger partial charge is 0.235 e. The van der Waals surface area contributed by atoms with Crippen molar-refractivity contribution in [3.05, 3.63) is 28.5 Å². The first-order valence-corrected chi connectivity index (χ1v) is 3.76. The average molecular weight is 213 g/mol. The summed E-state index contributed by atoms with van der Waals surface area (Å²) < 4.78 is 0.913. The van der Waals surface area contributed by atoms with E-state index in [0.717, 1.165) is 10.2 Å². The zero-order chi connectivity index (χ0) is 8.10. The van der Waals surface area contributed by atoms with E-state index in [-0.39, 0.29) is 0 Å². The van der Waals surface area contributed by atoms with Crippen molar-refractivity contribution < 1.29 is 4.79 Å². The summed E-state index contributed by atoms with van der Waals surface area (Å²) in [5.41, 5.74) is 0.761. The third-order valence-corrected chi connectivity index (χ3v) is 1.56. The van der Waals surface area contributed by atoms with Crippen LogP contribution in [0.25, 0.3) is 0 Å². The van der Waals surface area contributed by atoms with Crippen LogP contribution in [0.5, 0.6) is 0 Å². The van der Waals surface area contributed by atoms with Crippen LogP contribution in [0.1, 0.15) is 5.69 Å². The Bertz CT molecular complexity index is 277. The minimum Gasteiger partial charge on any atom is -0.258 e. The van der Waals surface area contributed by atoms with Gasteiger partial charge < -0.3 is 0 Å². The minimum absolute atomic E-state index is 0.302. The molecule has 0 N–H and O–H groups in total. The fourth-order valence-corrected chi connectivity index (χ4v) is 0.848. The molecule has 0 fully saturated rings. The van der Waals surface area contributed by atoms with Crippen molar-refractivity contribution in [3.63, 3.8) is 0 Å². The highest BCUT2D eigenvalue weighted by atomic mass is 79.9. The molecule has 0 saturated carbocycles. The van der Waals surface area contributed by atoms with E-state index < -0.39 is 0 Å². The standard InChI is InChI=1S/C7H5BrN2O/c8-6-1-2-7(10-3-6)4-9-5-11/h1-3H,4H2. The Hall–Kier alpha value is -0.990. The number of aliphatic imine (C=N–C) groups is 1. The lowest BCUT2D eigenvalue weighted by molar-refractivity contribution is 0.562. The second-order valence-electron chi connectivity index (χ2n) is 1.88. The molecule has 0 aliphatic heterocycles. The molecule has 0 bridgehead atoms. The lowest BCUT2D eigenvalue weighted by Gasteiger charge is -1.92. The number of hydrogen-bond acceptors (Lipinski definition) is 3. The predicted octanol–water partition coefficient (Wildman–Crippen LogP) is 1.68. The molecule has 0 radical (unpaired) electrons. The second kappa shape index (κ2) is 4.01. The van der Waals surface area contributed by atoms with Crippen molar-refractivity contribution in [2.75, 3.05) is 0 Å². The third-order valence-electron chi connectivity index (χ3n) is 1.09. The largest absolute Gasteiger partial charge is 0.258 e. The number of aromatic nitrogens is 1. The van der Waals surface area contributed by atoms with Gasteiger partial charge in [0.2, 0.25) is 6.08 Å². The Morgan fingerprint density at radius 2 is 2.45 bits per heavy atom. The summed E-state index contributed by atoms with van der Waals surface area (Å²) >= 11 is 3.24. The molecular weight excluding hydrogens is 208 g/mol. The fraction of sp³-hybridized carbons (Fsp3) is 0.143. The van der Waals surface area contributed by atoms with Crippen LogP contribution in [0.4, 0.5) is 0 Å². The van der Waals surface area contributed by atoms with E-state index in [0.29, 0.717) is 6.54 Å². The van der Waals surface area contributed by atoms with Gasteiger partial charge in [-0.05, 0) is 28.1 Å². The van der Waals surface area contributed by atoms with Crippen LogP contribution in [0.15, 0.2) is 27.8 Å². The number of halogens is 1. The summed E-state index contributed by atoms with van der Waals surface area (Å²) in [4.78, 5) is 17.1. The Labute approximate surface area is 72.3 Å². The molecule has 0 spiro atoms. The van der Waals surface area contributed by atoms with Gasteiger partial charge in [-0.25, -0.2) is 4.79 Å². The molecule has 1 heterocycles. The molecular formula is C7H5BrN2O. The van der Waals surface area contributed by atoms with Gasteiger partial charge in [0, 0.05) is 10.7 Å². The van der Waals surface area contributed by atoms with E-state index in [1.54, 1.807) is 12.3 Å². The van der Waals surface area contributed by atoms with E-state index in [4.69, 9.17) is 0 Å². The number of rotatable bonds is 2. The summed E-state index contributed by atoms with van der Waals surface area (Å²) in [6, 6.07) is 3.65. The normalized spacial score (nSPS) is 8.82. The van der Waals surface area contributed by atoms with Gasteiger partial charge in [-0.2, -0.15) is 4.99 Å². The molecule has 0 unspecified atom stereocenters. The van der Waals surface area contributed by atoms with Gasteiger partial charge in [0.05, 0.1) is 12.2 Å². The number of hydrogen-bond donors (Lipinski definition) is 0. The van der Waals surface area contributed by atoms with E-state index in [1.807, 2.05) is 6.07 Å². The molecule has 1 aromatic heterocycles. The molecule has 1 rings (SSSR count). The second-order valence-corrected chi connectivity index (χ2v) is 2.79. The molecule has 0 aliphatic carbocycles. The Kier molecular flexibility index (Phi) is 2.95. The first-order valence-electron chi connectivity index (χ1n) is 2.97. The fourth-order valence-electron chi connectivity index (χ4n) is 0.613. The Balaban J connectivity index is 2.73. The molecule has 0 amide bonds. The molecule has 11 heavy (non-hydrogen) atoms. The molecule has 0 atom stereocenters. The van der Waals surface area contributed by atoms with Crippen molar-refractivity contribution >= 4 is 22.0 Å². The molecule has 0 saturated heterocycles. The Morgan fingerprint density at radius 3 is 3.00 bits per heavy atom. The van der Waals surface area contributed by atoms with Gasteiger partial charge in [0.1, 0.15) is 0 Å². The highest BCUT2D eigenvalue weighted by Gasteiger charge is 1.90. The van der Waals surface area contributed by atoms with E-state index in [9.17, 15) is 4.79 Å².